The fraction of sp³-hybridized carbons (Fsp3) is 0.667. The number of piperazine rings is 1. The minimum Gasteiger partial charge on any atom is -0.326 e. The van der Waals surface area contributed by atoms with E-state index in [0.717, 1.165) is 45.7 Å². The van der Waals surface area contributed by atoms with Crippen LogP contribution < -0.4 is 5.73 Å². The highest BCUT2D eigenvalue weighted by Crippen LogP contribution is 2.10. The number of nitrogens with two attached hydrogens (primary N) is 1. The first-order valence-electron chi connectivity index (χ1n) is 9.89. The molecule has 0 radical (unpaired) electrons. The third kappa shape index (κ3) is 10.4. The largest absolute Gasteiger partial charge is 0.326 e. The Morgan fingerprint density at radius 3 is 1.88 bits per heavy atom. The standard InChI is InChI=1S/C17H27N3O.2C2H6/c1-15(21)3-2-8-19-9-11-20(12-10-19)14-17-6-4-16(13-18)5-7-17;2*1-2/h4-7H,2-3,8-14,18H2,1H3;2*1-2H3. The summed E-state index contributed by atoms with van der Waals surface area (Å²) in [5.74, 6) is 0.301. The van der Waals surface area contributed by atoms with Crippen molar-refractivity contribution < 1.29 is 4.79 Å². The van der Waals surface area contributed by atoms with Crippen LogP contribution in [0.2, 0.25) is 0 Å². The molecule has 4 nitrogen and oxygen atoms in total. The predicted molar refractivity (Wildman–Crippen MR) is 109 cm³/mol. The number of hydrogen-bond acceptors (Lipinski definition) is 4. The van der Waals surface area contributed by atoms with Gasteiger partial charge < -0.3 is 15.4 Å². The Balaban J connectivity index is 0.00000134. The molecule has 0 amide bonds. The van der Waals surface area contributed by atoms with Gasteiger partial charge in [0.25, 0.3) is 0 Å². The molecule has 1 aromatic rings. The smallest absolute Gasteiger partial charge is 0.129 e. The van der Waals surface area contributed by atoms with E-state index in [1.807, 2.05) is 27.7 Å². The third-order valence-electron chi connectivity index (χ3n) is 4.13. The zero-order valence-corrected chi connectivity index (χ0v) is 17.1. The van der Waals surface area contributed by atoms with Crippen LogP contribution >= 0.6 is 0 Å². The average Bonchev–Trinajstić information content (AvgIpc) is 2.67. The maximum atomic E-state index is 11.0. The predicted octanol–water partition coefficient (Wildman–Crippen LogP) is 3.68. The second-order valence-corrected chi connectivity index (χ2v) is 5.94. The number of ketones is 1. The lowest BCUT2D eigenvalue weighted by atomic mass is 10.1. The molecule has 0 bridgehead atoms. The fourth-order valence-electron chi connectivity index (χ4n) is 2.76. The topological polar surface area (TPSA) is 49.6 Å². The van der Waals surface area contributed by atoms with Crippen molar-refractivity contribution in [1.82, 2.24) is 9.80 Å². The Morgan fingerprint density at radius 1 is 0.920 bits per heavy atom. The number of carbonyl (C=O) groups excluding carboxylic acids is 1. The summed E-state index contributed by atoms with van der Waals surface area (Å²) in [6.45, 7) is 16.8. The summed E-state index contributed by atoms with van der Waals surface area (Å²) >= 11 is 0. The first kappa shape index (κ1) is 23.8. The lowest BCUT2D eigenvalue weighted by molar-refractivity contribution is -0.117. The van der Waals surface area contributed by atoms with Gasteiger partial charge in [0.15, 0.2) is 0 Å². The van der Waals surface area contributed by atoms with Crippen LogP contribution in [0.5, 0.6) is 0 Å². The zero-order chi connectivity index (χ0) is 19.1. The molecule has 1 heterocycles. The number of benzene rings is 1. The Bertz CT molecular complexity index is 437. The van der Waals surface area contributed by atoms with Crippen LogP contribution in [-0.4, -0.2) is 48.3 Å². The highest BCUT2D eigenvalue weighted by Gasteiger charge is 2.16. The van der Waals surface area contributed by atoms with Gasteiger partial charge in [-0.15, -0.1) is 0 Å². The van der Waals surface area contributed by atoms with Crippen LogP contribution in [0, 0.1) is 0 Å². The molecule has 0 unspecified atom stereocenters. The van der Waals surface area contributed by atoms with E-state index in [0.29, 0.717) is 18.7 Å². The van der Waals surface area contributed by atoms with Gasteiger partial charge in [0.1, 0.15) is 5.78 Å². The maximum Gasteiger partial charge on any atom is 0.129 e. The van der Waals surface area contributed by atoms with E-state index in [-0.39, 0.29) is 0 Å². The van der Waals surface area contributed by atoms with Gasteiger partial charge in [-0.25, -0.2) is 0 Å². The van der Waals surface area contributed by atoms with Crippen molar-refractivity contribution in [2.45, 2.75) is 60.5 Å². The number of nitrogens with zero attached hydrogens (tertiary/aromatic N) is 2. The summed E-state index contributed by atoms with van der Waals surface area (Å²) in [4.78, 5) is 15.9. The van der Waals surface area contributed by atoms with Gasteiger partial charge in [0, 0.05) is 45.7 Å². The number of hydrogen-bond donors (Lipinski definition) is 1. The average molecular weight is 350 g/mol. The van der Waals surface area contributed by atoms with Gasteiger partial charge >= 0.3 is 0 Å². The fourth-order valence-corrected chi connectivity index (χ4v) is 2.76. The summed E-state index contributed by atoms with van der Waals surface area (Å²) in [7, 11) is 0. The Hall–Kier alpha value is -1.23. The SMILES string of the molecule is CC.CC.CC(=O)CCCN1CCN(Cc2ccc(CN)cc2)CC1. The lowest BCUT2D eigenvalue weighted by Gasteiger charge is -2.34. The van der Waals surface area contributed by atoms with Crippen molar-refractivity contribution in [2.24, 2.45) is 5.73 Å². The van der Waals surface area contributed by atoms with Crippen molar-refractivity contribution in [3.05, 3.63) is 35.4 Å². The van der Waals surface area contributed by atoms with Crippen LogP contribution in [0.25, 0.3) is 0 Å². The Morgan fingerprint density at radius 2 is 1.40 bits per heavy atom. The van der Waals surface area contributed by atoms with E-state index in [1.165, 1.54) is 11.1 Å². The van der Waals surface area contributed by atoms with E-state index in [4.69, 9.17) is 5.73 Å². The van der Waals surface area contributed by atoms with Crippen LogP contribution in [0.1, 0.15) is 58.6 Å². The molecule has 0 aromatic heterocycles. The molecule has 1 fully saturated rings. The van der Waals surface area contributed by atoms with E-state index >= 15 is 0 Å². The molecule has 4 heteroatoms. The van der Waals surface area contributed by atoms with Crippen molar-refractivity contribution in [2.75, 3.05) is 32.7 Å². The monoisotopic (exact) mass is 349 g/mol. The van der Waals surface area contributed by atoms with Gasteiger partial charge in [0.2, 0.25) is 0 Å². The van der Waals surface area contributed by atoms with Crippen molar-refractivity contribution >= 4 is 5.78 Å². The van der Waals surface area contributed by atoms with Crippen LogP contribution in [0.3, 0.4) is 0 Å². The zero-order valence-electron chi connectivity index (χ0n) is 17.1. The highest BCUT2D eigenvalue weighted by molar-refractivity contribution is 5.75. The van der Waals surface area contributed by atoms with Gasteiger partial charge in [-0.3, -0.25) is 4.90 Å². The molecule has 1 aromatic carbocycles. The summed E-state index contributed by atoms with van der Waals surface area (Å²) < 4.78 is 0. The number of rotatable bonds is 7. The van der Waals surface area contributed by atoms with Crippen LogP contribution in [-0.2, 0) is 17.9 Å². The van der Waals surface area contributed by atoms with Crippen molar-refractivity contribution in [3.8, 4) is 0 Å². The van der Waals surface area contributed by atoms with Gasteiger partial charge in [-0.1, -0.05) is 52.0 Å². The molecule has 2 rings (SSSR count). The summed E-state index contributed by atoms with van der Waals surface area (Å²) in [6.07, 6.45) is 1.71. The summed E-state index contributed by atoms with van der Waals surface area (Å²) in [5.41, 5.74) is 8.17. The molecule has 2 N–H and O–H groups in total. The van der Waals surface area contributed by atoms with Crippen LogP contribution in [0.15, 0.2) is 24.3 Å². The molecule has 0 spiro atoms. The molecule has 1 aliphatic heterocycles. The minimum atomic E-state index is 0.301. The first-order chi connectivity index (χ1) is 12.2. The molecular formula is C21H39N3O. The lowest BCUT2D eigenvalue weighted by Crippen LogP contribution is -2.46. The van der Waals surface area contributed by atoms with E-state index < -0.39 is 0 Å². The van der Waals surface area contributed by atoms with E-state index in [2.05, 4.69) is 34.1 Å². The van der Waals surface area contributed by atoms with Crippen molar-refractivity contribution in [3.63, 3.8) is 0 Å². The normalized spacial score (nSPS) is 14.8. The van der Waals surface area contributed by atoms with Crippen molar-refractivity contribution in [1.29, 1.82) is 0 Å². The molecule has 1 aliphatic rings. The summed E-state index contributed by atoms with van der Waals surface area (Å²) in [6, 6.07) is 8.60. The van der Waals surface area contributed by atoms with Gasteiger partial charge in [-0.2, -0.15) is 0 Å². The quantitative estimate of drug-likeness (QED) is 0.816. The maximum absolute atomic E-state index is 11.0. The van der Waals surface area contributed by atoms with Crippen LogP contribution in [0.4, 0.5) is 0 Å². The third-order valence-corrected chi connectivity index (χ3v) is 4.13. The second-order valence-electron chi connectivity index (χ2n) is 5.94. The molecule has 0 aliphatic carbocycles. The van der Waals surface area contributed by atoms with Gasteiger partial charge in [-0.05, 0) is 31.0 Å². The van der Waals surface area contributed by atoms with E-state index in [1.54, 1.807) is 6.92 Å². The number of carbonyl (C=O) groups is 1. The Kier molecular flexibility index (Phi) is 14.3. The number of Topliss-reactive ketones (excluding diaryl/α,β-unsaturated/α-hetero) is 1. The van der Waals surface area contributed by atoms with Gasteiger partial charge in [0.05, 0.1) is 0 Å². The summed E-state index contributed by atoms with van der Waals surface area (Å²) in [5, 5.41) is 0. The molecule has 0 atom stereocenters. The molecular weight excluding hydrogens is 310 g/mol. The molecule has 1 saturated heterocycles. The first-order valence-corrected chi connectivity index (χ1v) is 9.89. The minimum absolute atomic E-state index is 0.301. The molecule has 0 saturated carbocycles. The van der Waals surface area contributed by atoms with E-state index in [9.17, 15) is 4.79 Å². The molecule has 25 heavy (non-hydrogen) atoms. The Labute approximate surface area is 155 Å². The highest BCUT2D eigenvalue weighted by atomic mass is 16.1. The molecule has 144 valence electrons. The second kappa shape index (κ2) is 15.1.